The predicted molar refractivity (Wildman–Crippen MR) is 84.3 cm³/mol. The predicted octanol–water partition coefficient (Wildman–Crippen LogP) is 2.24. The molecule has 0 saturated heterocycles. The van der Waals surface area contributed by atoms with Gasteiger partial charge in [0.2, 0.25) is 0 Å². The van der Waals surface area contributed by atoms with E-state index in [1.165, 1.54) is 12.5 Å². The van der Waals surface area contributed by atoms with Gasteiger partial charge < -0.3 is 14.8 Å². The number of nitrogens with one attached hydrogen (secondary N) is 1. The van der Waals surface area contributed by atoms with E-state index in [4.69, 9.17) is 4.42 Å². The second-order valence-corrected chi connectivity index (χ2v) is 5.12. The lowest BCUT2D eigenvalue weighted by molar-refractivity contribution is 0.0906. The lowest BCUT2D eigenvalue weighted by Crippen LogP contribution is -2.30. The number of aliphatic hydroxyl groups excluding tert-OH is 1. The Morgan fingerprint density at radius 2 is 2.09 bits per heavy atom. The van der Waals surface area contributed by atoms with Crippen molar-refractivity contribution in [2.24, 2.45) is 0 Å². The molecule has 1 aromatic carbocycles. The zero-order valence-electron chi connectivity index (χ0n) is 12.6. The monoisotopic (exact) mass is 311 g/mol. The van der Waals surface area contributed by atoms with Crippen LogP contribution in [-0.2, 0) is 0 Å². The van der Waals surface area contributed by atoms with E-state index in [0.717, 1.165) is 11.4 Å². The molecule has 1 atom stereocenters. The van der Waals surface area contributed by atoms with E-state index in [2.05, 4.69) is 10.4 Å². The molecule has 3 aromatic rings. The highest BCUT2D eigenvalue weighted by molar-refractivity contribution is 5.95. The third-order valence-corrected chi connectivity index (χ3v) is 3.63. The Balaban J connectivity index is 1.82. The molecule has 0 fully saturated rings. The Morgan fingerprint density at radius 1 is 1.30 bits per heavy atom. The number of para-hydroxylation sites is 1. The van der Waals surface area contributed by atoms with Crippen molar-refractivity contribution < 1.29 is 14.3 Å². The molecular weight excluding hydrogens is 294 g/mol. The summed E-state index contributed by atoms with van der Waals surface area (Å²) in [4.78, 5) is 12.5. The maximum atomic E-state index is 12.5. The van der Waals surface area contributed by atoms with Crippen molar-refractivity contribution in [1.29, 1.82) is 0 Å². The number of aliphatic hydroxyl groups is 1. The second-order valence-electron chi connectivity index (χ2n) is 5.12. The topological polar surface area (TPSA) is 80.3 Å². The van der Waals surface area contributed by atoms with Crippen LogP contribution in [0.2, 0.25) is 0 Å². The third kappa shape index (κ3) is 3.02. The molecule has 0 spiro atoms. The van der Waals surface area contributed by atoms with Crippen LogP contribution in [0.15, 0.2) is 59.3 Å². The standard InChI is InChI=1S/C17H17N3O3/c1-12-14(10-18-20(12)13-6-3-2-4-7-13)17(22)19-15(11-21)16-8-5-9-23-16/h2-10,15,21H,11H2,1H3,(H,19,22). The fourth-order valence-electron chi connectivity index (χ4n) is 2.39. The number of nitrogens with zero attached hydrogens (tertiary/aromatic N) is 2. The number of aromatic nitrogens is 2. The number of benzene rings is 1. The number of hydrogen-bond acceptors (Lipinski definition) is 4. The number of rotatable bonds is 5. The summed E-state index contributed by atoms with van der Waals surface area (Å²) in [5, 5.41) is 16.5. The molecule has 1 unspecified atom stereocenters. The smallest absolute Gasteiger partial charge is 0.255 e. The molecule has 1 amide bonds. The van der Waals surface area contributed by atoms with E-state index in [-0.39, 0.29) is 12.5 Å². The van der Waals surface area contributed by atoms with Crippen molar-refractivity contribution >= 4 is 5.91 Å². The van der Waals surface area contributed by atoms with Crippen LogP contribution in [0.5, 0.6) is 0 Å². The number of carbonyl (C=O) groups excluding carboxylic acids is 1. The molecule has 0 aliphatic carbocycles. The molecule has 23 heavy (non-hydrogen) atoms. The summed E-state index contributed by atoms with van der Waals surface area (Å²) in [6, 6.07) is 12.4. The van der Waals surface area contributed by atoms with E-state index < -0.39 is 6.04 Å². The summed E-state index contributed by atoms with van der Waals surface area (Å²) in [5.74, 6) is 0.203. The Morgan fingerprint density at radius 3 is 2.74 bits per heavy atom. The average molecular weight is 311 g/mol. The number of hydrogen-bond donors (Lipinski definition) is 2. The van der Waals surface area contributed by atoms with Gasteiger partial charge in [0.1, 0.15) is 11.8 Å². The van der Waals surface area contributed by atoms with Gasteiger partial charge in [0.15, 0.2) is 0 Å². The molecule has 3 rings (SSSR count). The first-order valence-electron chi connectivity index (χ1n) is 7.26. The number of carbonyl (C=O) groups is 1. The van der Waals surface area contributed by atoms with Crippen LogP contribution >= 0.6 is 0 Å². The van der Waals surface area contributed by atoms with Gasteiger partial charge in [0, 0.05) is 0 Å². The minimum absolute atomic E-state index is 0.245. The first-order valence-corrected chi connectivity index (χ1v) is 7.26. The highest BCUT2D eigenvalue weighted by atomic mass is 16.3. The van der Waals surface area contributed by atoms with Crippen LogP contribution in [0, 0.1) is 6.92 Å². The van der Waals surface area contributed by atoms with Gasteiger partial charge >= 0.3 is 0 Å². The van der Waals surface area contributed by atoms with Gasteiger partial charge in [0.25, 0.3) is 5.91 Å². The van der Waals surface area contributed by atoms with Crippen LogP contribution < -0.4 is 5.32 Å². The van der Waals surface area contributed by atoms with Gasteiger partial charge in [-0.3, -0.25) is 4.79 Å². The first kappa shape index (κ1) is 15.1. The summed E-state index contributed by atoms with van der Waals surface area (Å²) in [7, 11) is 0. The lowest BCUT2D eigenvalue weighted by atomic mass is 10.2. The highest BCUT2D eigenvalue weighted by Crippen LogP contribution is 2.17. The molecule has 0 saturated carbocycles. The minimum Gasteiger partial charge on any atom is -0.467 e. The SMILES string of the molecule is Cc1c(C(=O)NC(CO)c2ccco2)cnn1-c1ccccc1. The van der Waals surface area contributed by atoms with Crippen molar-refractivity contribution in [1.82, 2.24) is 15.1 Å². The maximum absolute atomic E-state index is 12.5. The Labute approximate surface area is 133 Å². The zero-order valence-corrected chi connectivity index (χ0v) is 12.6. The van der Waals surface area contributed by atoms with Gasteiger partial charge in [-0.2, -0.15) is 5.10 Å². The van der Waals surface area contributed by atoms with Crippen LogP contribution in [0.1, 0.15) is 27.9 Å². The van der Waals surface area contributed by atoms with Crippen LogP contribution in [0.25, 0.3) is 5.69 Å². The summed E-state index contributed by atoms with van der Waals surface area (Å²) in [6.07, 6.45) is 3.02. The summed E-state index contributed by atoms with van der Waals surface area (Å²) >= 11 is 0. The third-order valence-electron chi connectivity index (χ3n) is 3.63. The van der Waals surface area contributed by atoms with Crippen LogP contribution in [-0.4, -0.2) is 27.4 Å². The summed E-state index contributed by atoms with van der Waals surface area (Å²) in [6.45, 7) is 1.58. The van der Waals surface area contributed by atoms with Crippen LogP contribution in [0.3, 0.4) is 0 Å². The van der Waals surface area contributed by atoms with Gasteiger partial charge in [-0.05, 0) is 31.2 Å². The number of furan rings is 1. The molecular formula is C17H17N3O3. The van der Waals surface area contributed by atoms with E-state index in [9.17, 15) is 9.90 Å². The van der Waals surface area contributed by atoms with E-state index in [1.54, 1.807) is 16.8 Å². The van der Waals surface area contributed by atoms with Crippen LogP contribution in [0.4, 0.5) is 0 Å². The second kappa shape index (κ2) is 6.50. The molecule has 0 radical (unpaired) electrons. The van der Waals surface area contributed by atoms with E-state index in [0.29, 0.717) is 11.3 Å². The quantitative estimate of drug-likeness (QED) is 0.757. The molecule has 2 aromatic heterocycles. The maximum Gasteiger partial charge on any atom is 0.255 e. The fourth-order valence-corrected chi connectivity index (χ4v) is 2.39. The Hall–Kier alpha value is -2.86. The normalized spacial score (nSPS) is 12.1. The fraction of sp³-hybridized carbons (Fsp3) is 0.176. The van der Waals surface area contributed by atoms with E-state index >= 15 is 0 Å². The zero-order chi connectivity index (χ0) is 16.2. The molecule has 6 nitrogen and oxygen atoms in total. The van der Waals surface area contributed by atoms with E-state index in [1.807, 2.05) is 37.3 Å². The molecule has 6 heteroatoms. The highest BCUT2D eigenvalue weighted by Gasteiger charge is 2.20. The van der Waals surface area contributed by atoms with Crippen molar-refractivity contribution in [2.75, 3.05) is 6.61 Å². The molecule has 0 bridgehead atoms. The Bertz CT molecular complexity index is 779. The molecule has 118 valence electrons. The first-order chi connectivity index (χ1) is 11.2. The van der Waals surface area contributed by atoms with Gasteiger partial charge in [0.05, 0.1) is 36.0 Å². The van der Waals surface area contributed by atoms with Gasteiger partial charge in [-0.1, -0.05) is 18.2 Å². The number of amides is 1. The van der Waals surface area contributed by atoms with Crippen molar-refractivity contribution in [2.45, 2.75) is 13.0 Å². The molecule has 0 aliphatic rings. The average Bonchev–Trinajstić information content (AvgIpc) is 3.23. The Kier molecular flexibility index (Phi) is 4.25. The largest absolute Gasteiger partial charge is 0.467 e. The van der Waals surface area contributed by atoms with Crippen molar-refractivity contribution in [3.63, 3.8) is 0 Å². The summed E-state index contributed by atoms with van der Waals surface area (Å²) in [5.41, 5.74) is 2.07. The molecule has 2 N–H and O–H groups in total. The van der Waals surface area contributed by atoms with Crippen molar-refractivity contribution in [3.05, 3.63) is 71.9 Å². The van der Waals surface area contributed by atoms with Gasteiger partial charge in [-0.25, -0.2) is 4.68 Å². The molecule has 2 heterocycles. The van der Waals surface area contributed by atoms with Gasteiger partial charge in [-0.15, -0.1) is 0 Å². The van der Waals surface area contributed by atoms with Crippen molar-refractivity contribution in [3.8, 4) is 5.69 Å². The molecule has 0 aliphatic heterocycles. The minimum atomic E-state index is -0.586. The summed E-state index contributed by atoms with van der Waals surface area (Å²) < 4.78 is 6.94. The lowest BCUT2D eigenvalue weighted by Gasteiger charge is -2.13.